The van der Waals surface area contributed by atoms with Crippen LogP contribution < -0.4 is 5.72 Å². The molecule has 2 aromatic heterocycles. The van der Waals surface area contributed by atoms with Crippen molar-refractivity contribution in [2.45, 2.75) is 32.2 Å². The third-order valence-electron chi connectivity index (χ3n) is 3.59. The monoisotopic (exact) mass is 385 g/mol. The first-order chi connectivity index (χ1) is 12.4. The largest absolute Gasteiger partial charge is 0.335 e. The molecule has 0 aliphatic carbocycles. The van der Waals surface area contributed by atoms with E-state index in [-0.39, 0.29) is 6.42 Å². The normalized spacial score (nSPS) is 10.6. The number of thiol groups is 1. The van der Waals surface area contributed by atoms with Crippen molar-refractivity contribution in [3.05, 3.63) is 17.1 Å². The zero-order valence-electron chi connectivity index (χ0n) is 15.6. The third-order valence-corrected chi connectivity index (χ3v) is 4.10. The number of aliphatic imine (C=N–C) groups is 1. The molecule has 0 unspecified atom stereocenters. The van der Waals surface area contributed by atoms with Crippen LogP contribution in [0.15, 0.2) is 15.7 Å². The number of alkyl halides is 1. The van der Waals surface area contributed by atoms with Gasteiger partial charge in [0.1, 0.15) is 10.7 Å². The summed E-state index contributed by atoms with van der Waals surface area (Å²) in [6, 6.07) is 0. The van der Waals surface area contributed by atoms with Crippen LogP contribution in [0, 0.1) is 6.92 Å². The van der Waals surface area contributed by atoms with Gasteiger partial charge in [-0.25, -0.2) is 9.97 Å². The SMILES string of the molecule is CC.FF.[B]c1nc(-c2nc(/C=C(/CCF)N=C)c(C)n2C)c(S)n1C. The lowest BCUT2D eigenvalue weighted by molar-refractivity contribution is 0.108. The Morgan fingerprint density at radius 2 is 1.85 bits per heavy atom. The van der Waals surface area contributed by atoms with E-state index in [9.17, 15) is 4.39 Å². The van der Waals surface area contributed by atoms with Gasteiger partial charge in [-0.2, -0.15) is 0 Å². The van der Waals surface area contributed by atoms with Crippen molar-refractivity contribution in [3.8, 4) is 11.5 Å². The molecule has 26 heavy (non-hydrogen) atoms. The third kappa shape index (κ3) is 5.26. The summed E-state index contributed by atoms with van der Waals surface area (Å²) in [6.45, 7) is 8.89. The molecule has 0 bridgehead atoms. The van der Waals surface area contributed by atoms with Crippen LogP contribution in [0.1, 0.15) is 31.7 Å². The second-order valence-electron chi connectivity index (χ2n) is 4.90. The van der Waals surface area contributed by atoms with Gasteiger partial charge in [0.25, 0.3) is 0 Å². The minimum atomic E-state index is -0.485. The fourth-order valence-corrected chi connectivity index (χ4v) is 2.31. The van der Waals surface area contributed by atoms with Gasteiger partial charge in [0.2, 0.25) is 0 Å². The lowest BCUT2D eigenvalue weighted by Crippen LogP contribution is -2.15. The summed E-state index contributed by atoms with van der Waals surface area (Å²) < 4.78 is 32.1. The van der Waals surface area contributed by atoms with Crippen LogP contribution in [0.3, 0.4) is 0 Å². The van der Waals surface area contributed by atoms with Crippen molar-refractivity contribution in [2.75, 3.05) is 6.67 Å². The predicted molar refractivity (Wildman–Crippen MR) is 104 cm³/mol. The maximum atomic E-state index is 12.5. The number of hydrogen-bond donors (Lipinski definition) is 1. The van der Waals surface area contributed by atoms with Crippen LogP contribution in [0.25, 0.3) is 17.6 Å². The molecule has 2 aromatic rings. The first-order valence-corrected chi connectivity index (χ1v) is 8.27. The van der Waals surface area contributed by atoms with E-state index in [1.807, 2.05) is 32.4 Å². The van der Waals surface area contributed by atoms with E-state index in [1.54, 1.807) is 17.7 Å². The van der Waals surface area contributed by atoms with Crippen molar-refractivity contribution in [1.82, 2.24) is 19.1 Å². The van der Waals surface area contributed by atoms with Gasteiger partial charge in [-0.1, -0.05) is 13.8 Å². The van der Waals surface area contributed by atoms with Crippen LogP contribution in [-0.2, 0) is 14.1 Å². The highest BCUT2D eigenvalue weighted by molar-refractivity contribution is 7.80. The molecule has 0 saturated carbocycles. The molecule has 2 rings (SSSR count). The number of allylic oxidation sites excluding steroid dienone is 1. The zero-order valence-corrected chi connectivity index (χ0v) is 16.5. The Hall–Kier alpha value is -1.97. The second-order valence-corrected chi connectivity index (χ2v) is 5.32. The lowest BCUT2D eigenvalue weighted by Gasteiger charge is -2.01. The highest BCUT2D eigenvalue weighted by Crippen LogP contribution is 2.26. The Labute approximate surface area is 158 Å². The van der Waals surface area contributed by atoms with Gasteiger partial charge >= 0.3 is 0 Å². The van der Waals surface area contributed by atoms with E-state index in [0.717, 1.165) is 5.69 Å². The Kier molecular flexibility index (Phi) is 10.7. The number of nitrogens with zero attached hydrogens (tertiary/aromatic N) is 5. The van der Waals surface area contributed by atoms with E-state index >= 15 is 0 Å². The molecule has 0 saturated heterocycles. The van der Waals surface area contributed by atoms with E-state index in [0.29, 0.717) is 33.7 Å². The van der Waals surface area contributed by atoms with E-state index in [1.165, 1.54) is 0 Å². The first kappa shape index (κ1) is 24.0. The smallest absolute Gasteiger partial charge is 0.167 e. The van der Waals surface area contributed by atoms with Crippen LogP contribution in [-0.4, -0.2) is 40.3 Å². The van der Waals surface area contributed by atoms with Gasteiger partial charge < -0.3 is 9.13 Å². The van der Waals surface area contributed by atoms with Gasteiger partial charge in [-0.3, -0.25) is 9.38 Å². The fraction of sp³-hybridized carbons (Fsp3) is 0.438. The number of rotatable bonds is 5. The van der Waals surface area contributed by atoms with Gasteiger partial charge in [0.15, 0.2) is 13.7 Å². The summed E-state index contributed by atoms with van der Waals surface area (Å²) in [5.74, 6) is 0.643. The van der Waals surface area contributed by atoms with Crippen molar-refractivity contribution in [1.29, 1.82) is 0 Å². The van der Waals surface area contributed by atoms with Crippen LogP contribution in [0.5, 0.6) is 0 Å². The summed E-state index contributed by atoms with van der Waals surface area (Å²) in [5.41, 5.74) is 3.13. The first-order valence-electron chi connectivity index (χ1n) is 7.83. The maximum absolute atomic E-state index is 12.5. The summed E-state index contributed by atoms with van der Waals surface area (Å²) in [6.07, 6.45) is 1.94. The molecule has 0 aliphatic rings. The topological polar surface area (TPSA) is 48.0 Å². The van der Waals surface area contributed by atoms with Gasteiger partial charge in [-0.15, -0.1) is 12.6 Å². The molecule has 0 aromatic carbocycles. The number of halogens is 3. The Balaban J connectivity index is 0.00000146. The van der Waals surface area contributed by atoms with Gasteiger partial charge in [-0.05, 0) is 19.7 Å². The molecule has 0 N–H and O–H groups in total. The summed E-state index contributed by atoms with van der Waals surface area (Å²) in [4.78, 5) is 12.7. The molecule has 0 fully saturated rings. The lowest BCUT2D eigenvalue weighted by atomic mass is 10.1. The van der Waals surface area contributed by atoms with Gasteiger partial charge in [0, 0.05) is 41.1 Å². The van der Waals surface area contributed by atoms with Crippen LogP contribution in [0.4, 0.5) is 13.5 Å². The number of hydrogen-bond acceptors (Lipinski definition) is 4. The fourth-order valence-electron chi connectivity index (χ4n) is 2.06. The molecule has 142 valence electrons. The van der Waals surface area contributed by atoms with E-state index in [2.05, 4.69) is 34.3 Å². The molecule has 5 nitrogen and oxygen atoms in total. The Bertz CT molecular complexity index is 756. The van der Waals surface area contributed by atoms with Gasteiger partial charge in [0.05, 0.1) is 18.1 Å². The molecule has 0 spiro atoms. The average Bonchev–Trinajstić information content (AvgIpc) is 3.09. The number of aromatic nitrogens is 4. The van der Waals surface area contributed by atoms with E-state index < -0.39 is 6.67 Å². The molecule has 10 heteroatoms. The quantitative estimate of drug-likeness (QED) is 0.487. The minimum absolute atomic E-state index is 0.212. The molecular formula is C16H23BF3N5S. The second kappa shape index (κ2) is 11.6. The maximum Gasteiger partial charge on any atom is 0.167 e. The molecule has 0 atom stereocenters. The summed E-state index contributed by atoms with van der Waals surface area (Å²) >= 11 is 4.43. The molecule has 2 radical (unpaired) electrons. The Morgan fingerprint density at radius 1 is 1.27 bits per heavy atom. The molecule has 0 amide bonds. The standard InChI is InChI=1S/C14H17BFN5S.C2H6.F2/c1-8-10(7-9(17-2)5-6-16)18-12(20(8)3)11-13(22)21(4)14(15)19-11;2*1-2/h7,22H,2,5-6H2,1,3-4H3;1-2H3;/b9-7-;;. The highest BCUT2D eigenvalue weighted by Gasteiger charge is 2.18. The van der Waals surface area contributed by atoms with Crippen LogP contribution >= 0.6 is 12.6 Å². The van der Waals surface area contributed by atoms with Crippen LogP contribution in [0.2, 0.25) is 0 Å². The van der Waals surface area contributed by atoms with E-state index in [4.69, 9.17) is 17.0 Å². The molecular weight excluding hydrogens is 362 g/mol. The predicted octanol–water partition coefficient (Wildman–Crippen LogP) is 3.48. The molecule has 2 heterocycles. The molecule has 0 aliphatic heterocycles. The van der Waals surface area contributed by atoms with Crippen molar-refractivity contribution in [2.24, 2.45) is 19.1 Å². The zero-order chi connectivity index (χ0) is 20.4. The highest BCUT2D eigenvalue weighted by atomic mass is 32.1. The van der Waals surface area contributed by atoms with Crippen molar-refractivity contribution < 1.29 is 13.5 Å². The summed E-state index contributed by atoms with van der Waals surface area (Å²) in [5, 5.41) is 0.631. The average molecular weight is 385 g/mol. The number of imidazole rings is 2. The van der Waals surface area contributed by atoms with Crippen molar-refractivity contribution >= 4 is 39.0 Å². The minimum Gasteiger partial charge on any atom is -0.335 e. The summed E-state index contributed by atoms with van der Waals surface area (Å²) in [7, 11) is 9.47. The van der Waals surface area contributed by atoms with Crippen molar-refractivity contribution in [3.63, 3.8) is 0 Å². The Morgan fingerprint density at radius 3 is 2.27 bits per heavy atom.